The molecule has 0 unspecified atom stereocenters. The van der Waals surface area contributed by atoms with Gasteiger partial charge in [0.25, 0.3) is 5.91 Å². The lowest BCUT2D eigenvalue weighted by atomic mass is 9.93. The van der Waals surface area contributed by atoms with Gasteiger partial charge in [0.2, 0.25) is 5.91 Å². The average Bonchev–Trinajstić information content (AvgIpc) is 3.06. The second-order valence-corrected chi connectivity index (χ2v) is 7.31. The highest BCUT2D eigenvalue weighted by Gasteiger charge is 2.42. The number of amides is 2. The Morgan fingerprint density at radius 2 is 2.12 bits per heavy atom. The van der Waals surface area contributed by atoms with E-state index in [0.717, 1.165) is 29.9 Å². The number of carbonyl (C=O) groups excluding carboxylic acids is 2. The van der Waals surface area contributed by atoms with Crippen LogP contribution in [0.25, 0.3) is 0 Å². The zero-order valence-electron chi connectivity index (χ0n) is 15.3. The number of hydrogen-bond acceptors (Lipinski definition) is 5. The first kappa shape index (κ1) is 16.8. The second kappa shape index (κ2) is 6.26. The smallest absolute Gasteiger partial charge is 0.257 e. The third-order valence-corrected chi connectivity index (χ3v) is 5.54. The van der Waals surface area contributed by atoms with Crippen molar-refractivity contribution in [1.82, 2.24) is 24.7 Å². The topological polar surface area (TPSA) is 84.5 Å². The molecule has 2 aromatic rings. The van der Waals surface area contributed by atoms with Crippen LogP contribution in [-0.4, -0.2) is 55.7 Å². The molecule has 2 amide bonds. The molecule has 26 heavy (non-hydrogen) atoms. The molecule has 5 heterocycles. The van der Waals surface area contributed by atoms with Crippen molar-refractivity contribution in [2.24, 2.45) is 13.0 Å². The Bertz CT molecular complexity index is 835. The van der Waals surface area contributed by atoms with E-state index in [1.807, 2.05) is 23.6 Å². The molecule has 2 atom stereocenters. The van der Waals surface area contributed by atoms with Crippen LogP contribution in [0.4, 0.5) is 0 Å². The molecule has 138 valence electrons. The van der Waals surface area contributed by atoms with Crippen molar-refractivity contribution >= 4 is 11.8 Å². The predicted molar refractivity (Wildman–Crippen MR) is 92.2 cm³/mol. The normalized spacial score (nSPS) is 22.8. The lowest BCUT2D eigenvalue weighted by Gasteiger charge is -2.35. The minimum Gasteiger partial charge on any atom is -0.361 e. The van der Waals surface area contributed by atoms with Crippen molar-refractivity contribution in [2.75, 3.05) is 13.1 Å². The van der Waals surface area contributed by atoms with Gasteiger partial charge >= 0.3 is 0 Å². The van der Waals surface area contributed by atoms with Crippen LogP contribution < -0.4 is 0 Å². The molecule has 3 fully saturated rings. The molecule has 0 saturated carbocycles. The molecule has 0 aliphatic carbocycles. The second-order valence-electron chi connectivity index (χ2n) is 7.31. The van der Waals surface area contributed by atoms with E-state index >= 15 is 0 Å². The van der Waals surface area contributed by atoms with E-state index in [-0.39, 0.29) is 23.8 Å². The predicted octanol–water partition coefficient (Wildman–Crippen LogP) is 1.29. The van der Waals surface area contributed by atoms with Gasteiger partial charge in [-0.2, -0.15) is 5.10 Å². The molecule has 3 saturated heterocycles. The zero-order chi connectivity index (χ0) is 18.4. The van der Waals surface area contributed by atoms with Gasteiger partial charge in [0, 0.05) is 37.9 Å². The van der Waals surface area contributed by atoms with Crippen molar-refractivity contribution < 1.29 is 14.1 Å². The van der Waals surface area contributed by atoms with E-state index in [4.69, 9.17) is 4.52 Å². The summed E-state index contributed by atoms with van der Waals surface area (Å²) in [7, 11) is 1.79. The van der Waals surface area contributed by atoms with Crippen LogP contribution >= 0.6 is 0 Å². The van der Waals surface area contributed by atoms with E-state index in [9.17, 15) is 9.59 Å². The van der Waals surface area contributed by atoms with Crippen LogP contribution in [0.15, 0.2) is 16.9 Å². The van der Waals surface area contributed by atoms with Gasteiger partial charge in [-0.15, -0.1) is 0 Å². The van der Waals surface area contributed by atoms with Crippen LogP contribution in [-0.2, 0) is 18.4 Å². The Labute approximate surface area is 151 Å². The molecule has 3 aliphatic rings. The van der Waals surface area contributed by atoms with Crippen molar-refractivity contribution in [3.63, 3.8) is 0 Å². The molecule has 0 spiro atoms. The van der Waals surface area contributed by atoms with E-state index < -0.39 is 0 Å². The summed E-state index contributed by atoms with van der Waals surface area (Å²) in [4.78, 5) is 29.6. The molecule has 0 radical (unpaired) electrons. The summed E-state index contributed by atoms with van der Waals surface area (Å²) in [5, 5.41) is 8.07. The number of nitrogens with zero attached hydrogens (tertiary/aromatic N) is 5. The van der Waals surface area contributed by atoms with Crippen molar-refractivity contribution in [3.05, 3.63) is 35.0 Å². The summed E-state index contributed by atoms with van der Waals surface area (Å²) in [5.74, 6) is 0.679. The fourth-order valence-electron chi connectivity index (χ4n) is 4.03. The van der Waals surface area contributed by atoms with Gasteiger partial charge in [-0.25, -0.2) is 0 Å². The first-order valence-electron chi connectivity index (χ1n) is 8.94. The number of aryl methyl sites for hydroxylation is 3. The summed E-state index contributed by atoms with van der Waals surface area (Å²) < 4.78 is 6.86. The summed E-state index contributed by atoms with van der Waals surface area (Å²) >= 11 is 0. The number of piperidine rings is 1. The Balaban J connectivity index is 1.57. The number of fused-ring (bicyclic) bond motifs is 4. The lowest BCUT2D eigenvalue weighted by Crippen LogP contribution is -2.47. The van der Waals surface area contributed by atoms with Crippen molar-refractivity contribution in [1.29, 1.82) is 0 Å². The van der Waals surface area contributed by atoms with E-state index in [1.165, 1.54) is 0 Å². The van der Waals surface area contributed by atoms with E-state index in [0.29, 0.717) is 25.2 Å². The largest absolute Gasteiger partial charge is 0.361 e. The first-order chi connectivity index (χ1) is 12.4. The van der Waals surface area contributed by atoms with E-state index in [2.05, 4.69) is 10.3 Å². The van der Waals surface area contributed by atoms with Crippen LogP contribution in [0.2, 0.25) is 0 Å². The summed E-state index contributed by atoms with van der Waals surface area (Å²) in [6, 6.07) is 0.0237. The quantitative estimate of drug-likeness (QED) is 0.826. The molecule has 2 aromatic heterocycles. The average molecular weight is 357 g/mol. The molecule has 2 bridgehead atoms. The Hall–Kier alpha value is -2.64. The molecular formula is C18H23N5O3. The Morgan fingerprint density at radius 3 is 2.77 bits per heavy atom. The number of hydrogen-bond donors (Lipinski definition) is 0. The van der Waals surface area contributed by atoms with Gasteiger partial charge in [0.15, 0.2) is 0 Å². The summed E-state index contributed by atoms with van der Waals surface area (Å²) in [6.45, 7) is 5.29. The van der Waals surface area contributed by atoms with Crippen LogP contribution in [0, 0.1) is 19.8 Å². The SMILES string of the molecule is Cc1noc(C)c1CN1C(=O)[C@H]2CC[C@@H]1CN(C(=O)c1cnn(C)c1)C2. The monoisotopic (exact) mass is 357 g/mol. The standard InChI is InChI=1S/C18H23N5O3/c1-11-16(12(2)26-20-11)10-23-15-5-4-13(18(23)25)8-22(9-15)17(24)14-6-19-21(3)7-14/h6-7,13,15H,4-5,8-10H2,1-3H3/t13-,15+/m0/s1. The highest BCUT2D eigenvalue weighted by atomic mass is 16.5. The van der Waals surface area contributed by atoms with Crippen molar-refractivity contribution in [2.45, 2.75) is 39.3 Å². The van der Waals surface area contributed by atoms with E-state index in [1.54, 1.807) is 24.1 Å². The lowest BCUT2D eigenvalue weighted by molar-refractivity contribution is -0.140. The Kier molecular flexibility index (Phi) is 4.05. The summed E-state index contributed by atoms with van der Waals surface area (Å²) in [6.07, 6.45) is 5.05. The molecule has 0 N–H and O–H groups in total. The minimum absolute atomic E-state index is 0.0237. The fraction of sp³-hybridized carbons (Fsp3) is 0.556. The number of rotatable bonds is 3. The van der Waals surface area contributed by atoms with Crippen LogP contribution in [0.1, 0.15) is 40.2 Å². The van der Waals surface area contributed by atoms with Gasteiger partial charge in [-0.3, -0.25) is 14.3 Å². The van der Waals surface area contributed by atoms with Gasteiger partial charge in [-0.05, 0) is 26.7 Å². The molecule has 3 aliphatic heterocycles. The van der Waals surface area contributed by atoms with Crippen molar-refractivity contribution in [3.8, 4) is 0 Å². The molecule has 8 nitrogen and oxygen atoms in total. The molecular weight excluding hydrogens is 334 g/mol. The van der Waals surface area contributed by atoms with Gasteiger partial charge in [0.1, 0.15) is 5.76 Å². The third-order valence-electron chi connectivity index (χ3n) is 5.54. The summed E-state index contributed by atoms with van der Waals surface area (Å²) in [5.41, 5.74) is 2.35. The first-order valence-corrected chi connectivity index (χ1v) is 8.94. The number of carbonyl (C=O) groups is 2. The van der Waals surface area contributed by atoms with Gasteiger partial charge in [0.05, 0.1) is 29.9 Å². The molecule has 0 aromatic carbocycles. The third kappa shape index (κ3) is 2.79. The van der Waals surface area contributed by atoms with Crippen LogP contribution in [0.3, 0.4) is 0 Å². The van der Waals surface area contributed by atoms with Crippen LogP contribution in [0.5, 0.6) is 0 Å². The maximum Gasteiger partial charge on any atom is 0.257 e. The van der Waals surface area contributed by atoms with Gasteiger partial charge in [-0.1, -0.05) is 5.16 Å². The minimum atomic E-state index is -0.144. The molecule has 8 heteroatoms. The maximum atomic E-state index is 13.0. The highest BCUT2D eigenvalue weighted by molar-refractivity contribution is 5.94. The number of aromatic nitrogens is 3. The maximum absolute atomic E-state index is 13.0. The zero-order valence-corrected chi connectivity index (χ0v) is 15.3. The fourth-order valence-corrected chi connectivity index (χ4v) is 4.03. The Morgan fingerprint density at radius 1 is 1.31 bits per heavy atom. The highest BCUT2D eigenvalue weighted by Crippen LogP contribution is 2.32. The van der Waals surface area contributed by atoms with Gasteiger partial charge < -0.3 is 14.3 Å². The molecule has 5 rings (SSSR count).